The molecule has 172 valence electrons. The average molecular weight is 461 g/mol. The minimum atomic E-state index is -0.0817. The van der Waals surface area contributed by atoms with E-state index in [1.165, 1.54) is 55.3 Å². The first-order valence-corrected chi connectivity index (χ1v) is 12.8. The minimum Gasteiger partial charge on any atom is -0.0622 e. The normalized spacial score (nSPS) is 15.4. The van der Waals surface area contributed by atoms with E-state index in [4.69, 9.17) is 0 Å². The molecule has 5 aromatic carbocycles. The summed E-state index contributed by atoms with van der Waals surface area (Å²) in [6, 6.07) is 35.4. The van der Waals surface area contributed by atoms with Gasteiger partial charge in [0, 0.05) is 22.0 Å². The van der Waals surface area contributed by atoms with Crippen LogP contribution in [0, 0.1) is 11.8 Å². The lowest BCUT2D eigenvalue weighted by atomic mass is 9.79. The van der Waals surface area contributed by atoms with Gasteiger partial charge in [0.2, 0.25) is 0 Å². The highest BCUT2D eigenvalue weighted by molar-refractivity contribution is 6.03. The number of fused-ring (bicyclic) bond motifs is 8. The van der Waals surface area contributed by atoms with Crippen LogP contribution in [-0.4, -0.2) is 0 Å². The zero-order chi connectivity index (χ0) is 24.7. The van der Waals surface area contributed by atoms with E-state index in [-0.39, 0.29) is 10.8 Å². The van der Waals surface area contributed by atoms with Gasteiger partial charge in [-0.15, -0.1) is 0 Å². The van der Waals surface area contributed by atoms with Crippen LogP contribution in [0.15, 0.2) is 97.1 Å². The number of hydrogen-bond donors (Lipinski definition) is 0. The molecule has 0 unspecified atom stereocenters. The van der Waals surface area contributed by atoms with Crippen molar-refractivity contribution in [2.24, 2.45) is 0 Å². The van der Waals surface area contributed by atoms with Gasteiger partial charge in [0.1, 0.15) is 0 Å². The van der Waals surface area contributed by atoms with Gasteiger partial charge in [-0.1, -0.05) is 100 Å². The topological polar surface area (TPSA) is 0 Å². The number of hydrogen-bond acceptors (Lipinski definition) is 0. The van der Waals surface area contributed by atoms with Crippen LogP contribution in [0.5, 0.6) is 0 Å². The van der Waals surface area contributed by atoms with Gasteiger partial charge in [-0.2, -0.15) is 0 Å². The van der Waals surface area contributed by atoms with Crippen molar-refractivity contribution in [1.82, 2.24) is 0 Å². The highest BCUT2D eigenvalue weighted by Gasteiger charge is 2.42. The largest absolute Gasteiger partial charge is 0.0622 e. The summed E-state index contributed by atoms with van der Waals surface area (Å²) in [6.45, 7) is 9.48. The fourth-order valence-corrected chi connectivity index (χ4v) is 6.48. The van der Waals surface area contributed by atoms with E-state index in [2.05, 4.69) is 118 Å². The molecule has 0 atom stereocenters. The Kier molecular flexibility index (Phi) is 4.26. The maximum absolute atomic E-state index is 3.40. The van der Waals surface area contributed by atoms with Crippen molar-refractivity contribution >= 4 is 10.8 Å². The zero-order valence-electron chi connectivity index (χ0n) is 21.2. The van der Waals surface area contributed by atoms with Crippen LogP contribution in [-0.2, 0) is 10.8 Å². The second-order valence-corrected chi connectivity index (χ2v) is 11.3. The molecule has 0 N–H and O–H groups in total. The second-order valence-electron chi connectivity index (χ2n) is 11.3. The van der Waals surface area contributed by atoms with Crippen molar-refractivity contribution < 1.29 is 0 Å². The summed E-state index contributed by atoms with van der Waals surface area (Å²) in [4.78, 5) is 0. The van der Waals surface area contributed by atoms with Gasteiger partial charge < -0.3 is 0 Å². The molecule has 0 aliphatic heterocycles. The van der Waals surface area contributed by atoms with Gasteiger partial charge in [0.05, 0.1) is 0 Å². The smallest absolute Gasteiger partial charge is 0.0252 e. The van der Waals surface area contributed by atoms with Crippen molar-refractivity contribution in [3.05, 3.63) is 130 Å². The third-order valence-corrected chi connectivity index (χ3v) is 8.48. The fourth-order valence-electron chi connectivity index (χ4n) is 6.48. The Bertz CT molecular complexity index is 1770. The highest BCUT2D eigenvalue weighted by Crippen LogP contribution is 2.57. The Morgan fingerprint density at radius 2 is 1.11 bits per heavy atom. The first-order valence-electron chi connectivity index (χ1n) is 12.8. The molecule has 2 aliphatic rings. The molecule has 0 aromatic heterocycles. The SMILES string of the molecule is CC1(C)c2cc(C#Cc3ccccc3)ccc2-c2cc3c(cc21)-c1c(ccc2ccccc12)C3(C)C. The molecule has 0 nitrogen and oxygen atoms in total. The van der Waals surface area contributed by atoms with Gasteiger partial charge in [0.15, 0.2) is 0 Å². The summed E-state index contributed by atoms with van der Waals surface area (Å²) in [5.41, 5.74) is 13.2. The summed E-state index contributed by atoms with van der Waals surface area (Å²) in [5, 5.41) is 2.66. The van der Waals surface area contributed by atoms with Crippen LogP contribution >= 0.6 is 0 Å². The monoisotopic (exact) mass is 460 g/mol. The molecule has 0 radical (unpaired) electrons. The molecule has 0 fully saturated rings. The van der Waals surface area contributed by atoms with E-state index in [0.717, 1.165) is 11.1 Å². The van der Waals surface area contributed by atoms with Gasteiger partial charge in [0.25, 0.3) is 0 Å². The Morgan fingerprint density at radius 3 is 1.94 bits per heavy atom. The van der Waals surface area contributed by atoms with E-state index in [1.54, 1.807) is 0 Å². The van der Waals surface area contributed by atoms with Crippen LogP contribution in [0.3, 0.4) is 0 Å². The van der Waals surface area contributed by atoms with Crippen LogP contribution in [0.1, 0.15) is 61.1 Å². The molecule has 0 heterocycles. The van der Waals surface area contributed by atoms with Crippen molar-refractivity contribution in [3.8, 4) is 34.1 Å². The van der Waals surface area contributed by atoms with E-state index in [9.17, 15) is 0 Å². The quantitative estimate of drug-likeness (QED) is 0.202. The van der Waals surface area contributed by atoms with E-state index in [0.29, 0.717) is 0 Å². The third-order valence-electron chi connectivity index (χ3n) is 8.48. The number of rotatable bonds is 0. The average Bonchev–Trinajstić information content (AvgIpc) is 3.26. The molecule has 0 heteroatoms. The van der Waals surface area contributed by atoms with Gasteiger partial charge in [-0.05, 0) is 91.7 Å². The molecule has 0 amide bonds. The molecular weight excluding hydrogens is 432 g/mol. The predicted molar refractivity (Wildman–Crippen MR) is 151 cm³/mol. The van der Waals surface area contributed by atoms with Crippen LogP contribution in [0.25, 0.3) is 33.0 Å². The Balaban J connectivity index is 1.41. The van der Waals surface area contributed by atoms with Crippen molar-refractivity contribution in [1.29, 1.82) is 0 Å². The summed E-state index contributed by atoms with van der Waals surface area (Å²) in [6.07, 6.45) is 0. The summed E-state index contributed by atoms with van der Waals surface area (Å²) in [5.74, 6) is 6.72. The summed E-state index contributed by atoms with van der Waals surface area (Å²) in [7, 11) is 0. The first-order chi connectivity index (χ1) is 17.4. The lowest BCUT2D eigenvalue weighted by Gasteiger charge is -2.24. The third kappa shape index (κ3) is 2.84. The lowest BCUT2D eigenvalue weighted by Crippen LogP contribution is -2.17. The maximum atomic E-state index is 3.40. The molecular formula is C36H28. The highest BCUT2D eigenvalue weighted by atomic mass is 14.4. The molecule has 0 bridgehead atoms. The zero-order valence-corrected chi connectivity index (χ0v) is 21.2. The molecule has 7 rings (SSSR count). The minimum absolute atomic E-state index is 0.0300. The van der Waals surface area contributed by atoms with Gasteiger partial charge in [-0.3, -0.25) is 0 Å². The Morgan fingerprint density at radius 1 is 0.472 bits per heavy atom. The van der Waals surface area contributed by atoms with Gasteiger partial charge in [-0.25, -0.2) is 0 Å². The van der Waals surface area contributed by atoms with Crippen LogP contribution in [0.2, 0.25) is 0 Å². The molecule has 0 saturated carbocycles. The molecule has 36 heavy (non-hydrogen) atoms. The van der Waals surface area contributed by atoms with E-state index in [1.807, 2.05) is 18.2 Å². The first kappa shape index (κ1) is 21.2. The van der Waals surface area contributed by atoms with E-state index < -0.39 is 0 Å². The lowest BCUT2D eigenvalue weighted by molar-refractivity contribution is 0.652. The molecule has 5 aromatic rings. The summed E-state index contributed by atoms with van der Waals surface area (Å²) >= 11 is 0. The number of benzene rings is 5. The van der Waals surface area contributed by atoms with Crippen molar-refractivity contribution in [2.75, 3.05) is 0 Å². The Labute approximate surface area is 213 Å². The summed E-state index contributed by atoms with van der Waals surface area (Å²) < 4.78 is 0. The van der Waals surface area contributed by atoms with Crippen LogP contribution in [0.4, 0.5) is 0 Å². The second kappa shape index (κ2) is 7.22. The predicted octanol–water partition coefficient (Wildman–Crippen LogP) is 8.85. The standard InChI is InChI=1S/C36H28/c1-35(2)30-19-17-25-12-8-9-13-26(25)34(30)29-22-32-28(21-33(29)35)27-18-16-24(20-31(27)36(32,3)4)15-14-23-10-6-5-7-11-23/h5-13,16-22H,1-4H3. The van der Waals surface area contributed by atoms with Gasteiger partial charge >= 0.3 is 0 Å². The molecule has 0 spiro atoms. The molecule has 0 saturated heterocycles. The Hall–Kier alpha value is -4.08. The molecule has 2 aliphatic carbocycles. The van der Waals surface area contributed by atoms with E-state index >= 15 is 0 Å². The van der Waals surface area contributed by atoms with Crippen LogP contribution < -0.4 is 0 Å². The van der Waals surface area contributed by atoms with Crippen molar-refractivity contribution in [2.45, 2.75) is 38.5 Å². The van der Waals surface area contributed by atoms with Crippen molar-refractivity contribution in [3.63, 3.8) is 0 Å². The fraction of sp³-hybridized carbons (Fsp3) is 0.167. The maximum Gasteiger partial charge on any atom is 0.0252 e.